The van der Waals surface area contributed by atoms with Crippen molar-refractivity contribution in [2.75, 3.05) is 19.8 Å². The lowest BCUT2D eigenvalue weighted by Gasteiger charge is -2.08. The number of ether oxygens (including phenoxy) is 1. The SMILES string of the molecule is CC(C)OCCNC(=O)c1ccc(C#CCO)cn1. The van der Waals surface area contributed by atoms with Crippen LogP contribution in [0.1, 0.15) is 29.9 Å². The molecular formula is C14H18N2O3. The van der Waals surface area contributed by atoms with Crippen LogP contribution in [-0.4, -0.2) is 41.9 Å². The second-order valence-corrected chi connectivity index (χ2v) is 4.07. The Morgan fingerprint density at radius 1 is 1.53 bits per heavy atom. The summed E-state index contributed by atoms with van der Waals surface area (Å²) in [6.45, 7) is 4.61. The Labute approximate surface area is 113 Å². The Morgan fingerprint density at radius 2 is 2.32 bits per heavy atom. The van der Waals surface area contributed by atoms with Crippen molar-refractivity contribution in [2.24, 2.45) is 0 Å². The van der Waals surface area contributed by atoms with Crippen LogP contribution in [0.5, 0.6) is 0 Å². The molecule has 0 saturated heterocycles. The van der Waals surface area contributed by atoms with Crippen LogP contribution in [0.4, 0.5) is 0 Å². The molecule has 0 unspecified atom stereocenters. The van der Waals surface area contributed by atoms with E-state index in [0.29, 0.717) is 24.4 Å². The first-order valence-corrected chi connectivity index (χ1v) is 6.09. The van der Waals surface area contributed by atoms with E-state index in [0.717, 1.165) is 0 Å². The van der Waals surface area contributed by atoms with E-state index in [4.69, 9.17) is 9.84 Å². The third-order valence-electron chi connectivity index (χ3n) is 2.15. The van der Waals surface area contributed by atoms with Crippen LogP contribution < -0.4 is 5.32 Å². The fourth-order valence-corrected chi connectivity index (χ4v) is 1.29. The molecule has 1 rings (SSSR count). The summed E-state index contributed by atoms with van der Waals surface area (Å²) in [5.74, 6) is 4.98. The molecule has 1 aromatic rings. The number of rotatable bonds is 5. The smallest absolute Gasteiger partial charge is 0.269 e. The zero-order chi connectivity index (χ0) is 14.1. The molecule has 0 bridgehead atoms. The van der Waals surface area contributed by atoms with Crippen molar-refractivity contribution in [3.8, 4) is 11.8 Å². The van der Waals surface area contributed by atoms with Crippen LogP contribution in [0.25, 0.3) is 0 Å². The van der Waals surface area contributed by atoms with Crippen LogP contribution in [0, 0.1) is 11.8 Å². The predicted molar refractivity (Wildman–Crippen MR) is 71.6 cm³/mol. The molecule has 1 heterocycles. The molecule has 0 saturated carbocycles. The zero-order valence-corrected chi connectivity index (χ0v) is 11.1. The minimum absolute atomic E-state index is 0.152. The fraction of sp³-hybridized carbons (Fsp3) is 0.429. The first kappa shape index (κ1) is 15.2. The molecular weight excluding hydrogens is 244 g/mol. The summed E-state index contributed by atoms with van der Waals surface area (Å²) in [5, 5.41) is 11.3. The van der Waals surface area contributed by atoms with Gasteiger partial charge in [-0.15, -0.1) is 0 Å². The van der Waals surface area contributed by atoms with E-state index < -0.39 is 0 Å². The Morgan fingerprint density at radius 3 is 2.89 bits per heavy atom. The zero-order valence-electron chi connectivity index (χ0n) is 11.1. The van der Waals surface area contributed by atoms with Gasteiger partial charge in [0.1, 0.15) is 12.3 Å². The lowest BCUT2D eigenvalue weighted by molar-refractivity contribution is 0.0745. The van der Waals surface area contributed by atoms with Gasteiger partial charge in [-0.25, -0.2) is 4.98 Å². The van der Waals surface area contributed by atoms with Gasteiger partial charge in [-0.1, -0.05) is 11.8 Å². The Hall–Kier alpha value is -1.90. The number of aromatic nitrogens is 1. The van der Waals surface area contributed by atoms with Gasteiger partial charge in [-0.2, -0.15) is 0 Å². The summed E-state index contributed by atoms with van der Waals surface area (Å²) in [6.07, 6.45) is 1.65. The predicted octanol–water partition coefficient (Wildman–Crippen LogP) is 0.580. The van der Waals surface area contributed by atoms with Crippen molar-refractivity contribution in [3.05, 3.63) is 29.6 Å². The lowest BCUT2D eigenvalue weighted by Crippen LogP contribution is -2.28. The van der Waals surface area contributed by atoms with Crippen molar-refractivity contribution in [1.82, 2.24) is 10.3 Å². The van der Waals surface area contributed by atoms with Crippen molar-refractivity contribution in [3.63, 3.8) is 0 Å². The summed E-state index contributed by atoms with van der Waals surface area (Å²) < 4.78 is 5.31. The number of amides is 1. The van der Waals surface area contributed by atoms with Crippen molar-refractivity contribution in [1.29, 1.82) is 0 Å². The number of carbonyl (C=O) groups is 1. The Kier molecular flexibility index (Phi) is 6.58. The maximum atomic E-state index is 11.7. The van der Waals surface area contributed by atoms with Crippen molar-refractivity contribution >= 4 is 5.91 Å². The number of nitrogens with one attached hydrogen (secondary N) is 1. The Bertz CT molecular complexity index is 458. The van der Waals surface area contributed by atoms with E-state index in [2.05, 4.69) is 22.1 Å². The highest BCUT2D eigenvalue weighted by molar-refractivity contribution is 5.92. The van der Waals surface area contributed by atoms with Gasteiger partial charge < -0.3 is 15.2 Å². The summed E-state index contributed by atoms with van der Waals surface area (Å²) >= 11 is 0. The molecule has 0 radical (unpaired) electrons. The van der Waals surface area contributed by atoms with Crippen LogP contribution in [0.15, 0.2) is 18.3 Å². The summed E-state index contributed by atoms with van der Waals surface area (Å²) in [6, 6.07) is 3.29. The van der Waals surface area contributed by atoms with E-state index in [-0.39, 0.29) is 18.6 Å². The molecule has 102 valence electrons. The van der Waals surface area contributed by atoms with Gasteiger partial charge in [-0.05, 0) is 26.0 Å². The third kappa shape index (κ3) is 6.00. The van der Waals surface area contributed by atoms with E-state index in [1.165, 1.54) is 6.20 Å². The number of hydrogen-bond acceptors (Lipinski definition) is 4. The molecule has 19 heavy (non-hydrogen) atoms. The number of aliphatic hydroxyl groups is 1. The summed E-state index contributed by atoms with van der Waals surface area (Å²) in [4.78, 5) is 15.7. The monoisotopic (exact) mass is 262 g/mol. The molecule has 1 aromatic heterocycles. The second-order valence-electron chi connectivity index (χ2n) is 4.07. The van der Waals surface area contributed by atoms with E-state index in [1.807, 2.05) is 13.8 Å². The topological polar surface area (TPSA) is 71.5 Å². The molecule has 0 aromatic carbocycles. The largest absolute Gasteiger partial charge is 0.384 e. The molecule has 0 aliphatic carbocycles. The number of hydrogen-bond donors (Lipinski definition) is 2. The van der Waals surface area contributed by atoms with E-state index in [9.17, 15) is 4.79 Å². The van der Waals surface area contributed by atoms with Gasteiger partial charge in [0.15, 0.2) is 0 Å². The number of nitrogens with zero attached hydrogens (tertiary/aromatic N) is 1. The maximum Gasteiger partial charge on any atom is 0.269 e. The quantitative estimate of drug-likeness (QED) is 0.601. The lowest BCUT2D eigenvalue weighted by atomic mass is 10.2. The van der Waals surface area contributed by atoms with Crippen LogP contribution >= 0.6 is 0 Å². The first-order valence-electron chi connectivity index (χ1n) is 6.09. The average molecular weight is 262 g/mol. The second kappa shape index (κ2) is 8.25. The molecule has 2 N–H and O–H groups in total. The maximum absolute atomic E-state index is 11.7. The summed E-state index contributed by atoms with van der Waals surface area (Å²) in [7, 11) is 0. The van der Waals surface area contributed by atoms with Gasteiger partial charge in [0.05, 0.1) is 12.7 Å². The molecule has 0 spiro atoms. The number of carbonyl (C=O) groups excluding carboxylic acids is 1. The molecule has 1 amide bonds. The molecule has 0 aliphatic rings. The minimum atomic E-state index is -0.242. The molecule has 0 atom stereocenters. The molecule has 5 nitrogen and oxygen atoms in total. The van der Waals surface area contributed by atoms with E-state index >= 15 is 0 Å². The molecule has 0 aliphatic heterocycles. The highest BCUT2D eigenvalue weighted by Crippen LogP contribution is 1.98. The van der Waals surface area contributed by atoms with Gasteiger partial charge in [-0.3, -0.25) is 4.79 Å². The van der Waals surface area contributed by atoms with Gasteiger partial charge in [0.2, 0.25) is 0 Å². The highest BCUT2D eigenvalue weighted by Gasteiger charge is 2.05. The number of pyridine rings is 1. The van der Waals surface area contributed by atoms with E-state index in [1.54, 1.807) is 12.1 Å². The number of aliphatic hydroxyl groups excluding tert-OH is 1. The van der Waals surface area contributed by atoms with Crippen LogP contribution in [0.3, 0.4) is 0 Å². The molecule has 5 heteroatoms. The average Bonchev–Trinajstić information content (AvgIpc) is 2.41. The van der Waals surface area contributed by atoms with Crippen molar-refractivity contribution < 1.29 is 14.6 Å². The normalized spacial score (nSPS) is 9.89. The van der Waals surface area contributed by atoms with Gasteiger partial charge in [0.25, 0.3) is 5.91 Å². The Balaban J connectivity index is 2.44. The van der Waals surface area contributed by atoms with Crippen LogP contribution in [-0.2, 0) is 4.74 Å². The minimum Gasteiger partial charge on any atom is -0.384 e. The van der Waals surface area contributed by atoms with Gasteiger partial charge >= 0.3 is 0 Å². The fourth-order valence-electron chi connectivity index (χ4n) is 1.29. The standard InChI is InChI=1S/C14H18N2O3/c1-11(2)19-9-7-15-14(18)13-6-5-12(10-16-13)4-3-8-17/h5-6,10-11,17H,7-9H2,1-2H3,(H,15,18). The summed E-state index contributed by atoms with van der Waals surface area (Å²) in [5.41, 5.74) is 0.993. The third-order valence-corrected chi connectivity index (χ3v) is 2.15. The highest BCUT2D eigenvalue weighted by atomic mass is 16.5. The van der Waals surface area contributed by atoms with Gasteiger partial charge in [0, 0.05) is 18.3 Å². The van der Waals surface area contributed by atoms with Crippen LogP contribution in [0.2, 0.25) is 0 Å². The molecule has 0 fully saturated rings. The van der Waals surface area contributed by atoms with Crippen molar-refractivity contribution in [2.45, 2.75) is 20.0 Å². The first-order chi connectivity index (χ1) is 9.13.